The third kappa shape index (κ3) is 3.32. The molecule has 21 heavy (non-hydrogen) atoms. The predicted octanol–water partition coefficient (Wildman–Crippen LogP) is 4.18. The summed E-state index contributed by atoms with van der Waals surface area (Å²) in [6.45, 7) is 10.6. The average molecular weight is 284 g/mol. The molecule has 4 heteroatoms. The predicted molar refractivity (Wildman–Crippen MR) is 89.5 cm³/mol. The molecule has 2 rings (SSSR count). The molecule has 0 bridgehead atoms. The monoisotopic (exact) mass is 284 g/mol. The van der Waals surface area contributed by atoms with Crippen LogP contribution in [0.4, 0.5) is 17.3 Å². The van der Waals surface area contributed by atoms with Crippen molar-refractivity contribution in [2.24, 2.45) is 0 Å². The third-order valence-electron chi connectivity index (χ3n) is 3.48. The van der Waals surface area contributed by atoms with Crippen molar-refractivity contribution in [3.05, 3.63) is 41.2 Å². The number of nitrogens with zero attached hydrogens (tertiary/aromatic N) is 2. The smallest absolute Gasteiger partial charge is 0.139 e. The van der Waals surface area contributed by atoms with Crippen LogP contribution in [0.3, 0.4) is 0 Å². The fraction of sp³-hybridized carbons (Fsp3) is 0.412. The molecular weight excluding hydrogens is 260 g/mol. The number of aryl methyl sites for hydroxylation is 1. The van der Waals surface area contributed by atoms with E-state index in [0.717, 1.165) is 28.7 Å². The van der Waals surface area contributed by atoms with Crippen LogP contribution in [0.25, 0.3) is 0 Å². The van der Waals surface area contributed by atoms with E-state index in [0.29, 0.717) is 0 Å². The van der Waals surface area contributed by atoms with Crippen LogP contribution in [0.2, 0.25) is 0 Å². The Balaban J connectivity index is 2.47. The van der Waals surface area contributed by atoms with Gasteiger partial charge in [0.05, 0.1) is 0 Å². The summed E-state index contributed by atoms with van der Waals surface area (Å²) < 4.78 is 0. The molecular formula is C17H24N4. The molecule has 112 valence electrons. The zero-order valence-electron chi connectivity index (χ0n) is 13.7. The Kier molecular flexibility index (Phi) is 4.16. The van der Waals surface area contributed by atoms with E-state index in [9.17, 15) is 0 Å². The van der Waals surface area contributed by atoms with Gasteiger partial charge < -0.3 is 10.6 Å². The van der Waals surface area contributed by atoms with Gasteiger partial charge in [-0.25, -0.2) is 9.97 Å². The number of benzene rings is 1. The summed E-state index contributed by atoms with van der Waals surface area (Å²) in [4.78, 5) is 8.94. The van der Waals surface area contributed by atoms with Crippen LogP contribution in [0.1, 0.15) is 37.7 Å². The molecule has 1 heterocycles. The van der Waals surface area contributed by atoms with Gasteiger partial charge in [-0.2, -0.15) is 0 Å². The van der Waals surface area contributed by atoms with Gasteiger partial charge in [-0.15, -0.1) is 0 Å². The molecule has 0 radical (unpaired) electrons. The Morgan fingerprint density at radius 2 is 1.57 bits per heavy atom. The topological polar surface area (TPSA) is 49.8 Å². The zero-order valence-corrected chi connectivity index (χ0v) is 13.7. The van der Waals surface area contributed by atoms with E-state index in [-0.39, 0.29) is 5.41 Å². The van der Waals surface area contributed by atoms with Crippen LogP contribution in [-0.2, 0) is 5.41 Å². The summed E-state index contributed by atoms with van der Waals surface area (Å²) in [5.74, 6) is 2.46. The van der Waals surface area contributed by atoms with Gasteiger partial charge in [-0.3, -0.25) is 0 Å². The van der Waals surface area contributed by atoms with E-state index in [2.05, 4.69) is 59.6 Å². The molecule has 0 fully saturated rings. The molecule has 0 unspecified atom stereocenters. The average Bonchev–Trinajstić information content (AvgIpc) is 2.42. The Morgan fingerprint density at radius 3 is 2.19 bits per heavy atom. The van der Waals surface area contributed by atoms with Crippen LogP contribution in [-0.4, -0.2) is 17.0 Å². The van der Waals surface area contributed by atoms with E-state index in [4.69, 9.17) is 0 Å². The Hall–Kier alpha value is -2.10. The van der Waals surface area contributed by atoms with Gasteiger partial charge >= 0.3 is 0 Å². The number of hydrogen-bond donors (Lipinski definition) is 2. The van der Waals surface area contributed by atoms with E-state index in [1.165, 1.54) is 5.56 Å². The summed E-state index contributed by atoms with van der Waals surface area (Å²) in [7, 11) is 1.88. The molecule has 0 aliphatic heterocycles. The van der Waals surface area contributed by atoms with Crippen LogP contribution >= 0.6 is 0 Å². The number of para-hydroxylation sites is 1. The van der Waals surface area contributed by atoms with Crippen molar-refractivity contribution in [2.75, 3.05) is 17.7 Å². The van der Waals surface area contributed by atoms with E-state index in [1.54, 1.807) is 0 Å². The number of hydrogen-bond acceptors (Lipinski definition) is 4. The lowest BCUT2D eigenvalue weighted by Crippen LogP contribution is -2.14. The van der Waals surface area contributed by atoms with E-state index in [1.807, 2.05) is 27.0 Å². The van der Waals surface area contributed by atoms with Gasteiger partial charge in [-0.05, 0) is 30.9 Å². The highest BCUT2D eigenvalue weighted by atomic mass is 15.1. The van der Waals surface area contributed by atoms with Crippen molar-refractivity contribution >= 4 is 17.3 Å². The summed E-state index contributed by atoms with van der Waals surface area (Å²) >= 11 is 0. The minimum absolute atomic E-state index is 0.0748. The van der Waals surface area contributed by atoms with Crippen molar-refractivity contribution in [3.8, 4) is 0 Å². The van der Waals surface area contributed by atoms with Crippen molar-refractivity contribution < 1.29 is 0 Å². The minimum Gasteiger partial charge on any atom is -0.373 e. The summed E-state index contributed by atoms with van der Waals surface area (Å²) in [6.07, 6.45) is 0. The maximum Gasteiger partial charge on any atom is 0.139 e. The molecule has 1 aromatic heterocycles. The summed E-state index contributed by atoms with van der Waals surface area (Å²) in [5, 5.41) is 6.59. The Labute approximate surface area is 127 Å². The normalized spacial score (nSPS) is 11.3. The minimum atomic E-state index is 0.0748. The SMILES string of the molecule is CNc1nc(C)nc(Nc2ccccc2C(C)(C)C)c1C. The molecule has 0 atom stereocenters. The highest BCUT2D eigenvalue weighted by Gasteiger charge is 2.18. The van der Waals surface area contributed by atoms with Gasteiger partial charge in [-0.1, -0.05) is 39.0 Å². The first-order valence-electron chi connectivity index (χ1n) is 7.22. The fourth-order valence-electron chi connectivity index (χ4n) is 2.37. The summed E-state index contributed by atoms with van der Waals surface area (Å²) in [5.41, 5.74) is 3.46. The Bertz CT molecular complexity index is 642. The van der Waals surface area contributed by atoms with Crippen LogP contribution in [0.15, 0.2) is 24.3 Å². The standard InChI is InChI=1S/C17H24N4/c1-11-15(18-6)19-12(2)20-16(11)21-14-10-8-7-9-13(14)17(3,4)5/h7-10H,1-6H3,(H2,18,19,20,21). The third-order valence-corrected chi connectivity index (χ3v) is 3.48. The lowest BCUT2D eigenvalue weighted by molar-refractivity contribution is 0.592. The van der Waals surface area contributed by atoms with Gasteiger partial charge in [0, 0.05) is 18.3 Å². The van der Waals surface area contributed by atoms with Crippen molar-refractivity contribution in [3.63, 3.8) is 0 Å². The highest BCUT2D eigenvalue weighted by molar-refractivity contribution is 5.67. The van der Waals surface area contributed by atoms with Crippen molar-refractivity contribution in [1.82, 2.24) is 9.97 Å². The van der Waals surface area contributed by atoms with Crippen LogP contribution in [0.5, 0.6) is 0 Å². The van der Waals surface area contributed by atoms with Gasteiger partial charge in [0.25, 0.3) is 0 Å². The molecule has 1 aromatic carbocycles. The largest absolute Gasteiger partial charge is 0.373 e. The van der Waals surface area contributed by atoms with E-state index < -0.39 is 0 Å². The van der Waals surface area contributed by atoms with E-state index >= 15 is 0 Å². The van der Waals surface area contributed by atoms with Gasteiger partial charge in [0.1, 0.15) is 17.5 Å². The molecule has 0 saturated carbocycles. The van der Waals surface area contributed by atoms with Gasteiger partial charge in [0.2, 0.25) is 0 Å². The second kappa shape index (κ2) is 5.72. The number of nitrogens with one attached hydrogen (secondary N) is 2. The number of aromatic nitrogens is 2. The zero-order chi connectivity index (χ0) is 15.6. The van der Waals surface area contributed by atoms with Crippen LogP contribution < -0.4 is 10.6 Å². The first-order valence-corrected chi connectivity index (χ1v) is 7.22. The lowest BCUT2D eigenvalue weighted by atomic mass is 9.86. The maximum atomic E-state index is 4.54. The van der Waals surface area contributed by atoms with Crippen LogP contribution in [0, 0.1) is 13.8 Å². The van der Waals surface area contributed by atoms with Crippen molar-refractivity contribution in [2.45, 2.75) is 40.0 Å². The molecule has 2 aromatic rings. The summed E-state index contributed by atoms with van der Waals surface area (Å²) in [6, 6.07) is 8.37. The molecule has 4 nitrogen and oxygen atoms in total. The second-order valence-corrected chi connectivity index (χ2v) is 6.26. The maximum absolute atomic E-state index is 4.54. The second-order valence-electron chi connectivity index (χ2n) is 6.26. The quantitative estimate of drug-likeness (QED) is 0.888. The van der Waals surface area contributed by atoms with Gasteiger partial charge in [0.15, 0.2) is 0 Å². The molecule has 0 aliphatic carbocycles. The first-order chi connectivity index (χ1) is 9.82. The molecule has 0 spiro atoms. The molecule has 0 aliphatic rings. The molecule has 0 saturated heterocycles. The first kappa shape index (κ1) is 15.3. The Morgan fingerprint density at radius 1 is 0.952 bits per heavy atom. The fourth-order valence-corrected chi connectivity index (χ4v) is 2.37. The highest BCUT2D eigenvalue weighted by Crippen LogP contribution is 2.32. The molecule has 0 amide bonds. The lowest BCUT2D eigenvalue weighted by Gasteiger charge is -2.24. The molecule has 2 N–H and O–H groups in total. The number of rotatable bonds is 3. The van der Waals surface area contributed by atoms with Crippen molar-refractivity contribution in [1.29, 1.82) is 0 Å². The number of anilines is 3.